The van der Waals surface area contributed by atoms with Gasteiger partial charge in [-0.1, -0.05) is 0 Å². The molecule has 0 aliphatic carbocycles. The lowest BCUT2D eigenvalue weighted by Gasteiger charge is -2.15. The predicted octanol–water partition coefficient (Wildman–Crippen LogP) is 0.855. The van der Waals surface area contributed by atoms with Crippen LogP contribution in [0.3, 0.4) is 0 Å². The third kappa shape index (κ3) is 3.00. The van der Waals surface area contributed by atoms with E-state index in [4.69, 9.17) is 0 Å². The van der Waals surface area contributed by atoms with E-state index in [2.05, 4.69) is 10.3 Å². The second-order valence-electron chi connectivity index (χ2n) is 3.66. The lowest BCUT2D eigenvalue weighted by molar-refractivity contribution is -0.129. The topological polar surface area (TPSA) is 45.2 Å². The van der Waals surface area contributed by atoms with Gasteiger partial charge >= 0.3 is 0 Å². The summed E-state index contributed by atoms with van der Waals surface area (Å²) in [5.74, 6) is 0.219. The van der Waals surface area contributed by atoms with Crippen molar-refractivity contribution < 1.29 is 4.79 Å². The van der Waals surface area contributed by atoms with Crippen LogP contribution in [-0.4, -0.2) is 35.4 Å². The van der Waals surface area contributed by atoms with Crippen molar-refractivity contribution in [1.29, 1.82) is 0 Å². The van der Waals surface area contributed by atoms with Gasteiger partial charge in [0.05, 0.1) is 12.1 Å². The summed E-state index contributed by atoms with van der Waals surface area (Å²) < 4.78 is 0. The average Bonchev–Trinajstić information content (AvgIpc) is 2.90. The zero-order chi connectivity index (χ0) is 10.5. The van der Waals surface area contributed by atoms with E-state index in [1.807, 2.05) is 11.1 Å². The summed E-state index contributed by atoms with van der Waals surface area (Å²) in [6.45, 7) is 3.05. The molecule has 2 heterocycles. The first-order valence-corrected chi connectivity index (χ1v) is 6.10. The van der Waals surface area contributed by atoms with Gasteiger partial charge in [0.15, 0.2) is 0 Å². The van der Waals surface area contributed by atoms with Gasteiger partial charge in [-0.15, -0.1) is 11.3 Å². The smallest absolute Gasteiger partial charge is 0.236 e. The van der Waals surface area contributed by atoms with Crippen molar-refractivity contribution >= 4 is 17.2 Å². The largest absolute Gasteiger partial charge is 0.342 e. The number of rotatable bonds is 4. The van der Waals surface area contributed by atoms with Crippen molar-refractivity contribution in [3.05, 3.63) is 16.6 Å². The van der Waals surface area contributed by atoms with E-state index in [0.29, 0.717) is 6.54 Å². The highest BCUT2D eigenvalue weighted by Crippen LogP contribution is 2.07. The number of amides is 1. The number of aromatic nitrogens is 1. The SMILES string of the molecule is O=C(CNCc1cncs1)N1CCCC1. The summed E-state index contributed by atoms with van der Waals surface area (Å²) in [7, 11) is 0. The molecular formula is C10H15N3OS. The van der Waals surface area contributed by atoms with Crippen LogP contribution in [0.1, 0.15) is 17.7 Å². The van der Waals surface area contributed by atoms with Crippen LogP contribution in [-0.2, 0) is 11.3 Å². The van der Waals surface area contributed by atoms with Crippen molar-refractivity contribution in [3.8, 4) is 0 Å². The van der Waals surface area contributed by atoms with Gasteiger partial charge in [0.1, 0.15) is 0 Å². The molecule has 1 saturated heterocycles. The molecule has 0 unspecified atom stereocenters. The molecule has 1 aliphatic heterocycles. The van der Waals surface area contributed by atoms with Gasteiger partial charge in [-0.2, -0.15) is 0 Å². The van der Waals surface area contributed by atoms with E-state index in [1.165, 1.54) is 4.88 Å². The second kappa shape index (κ2) is 5.23. The van der Waals surface area contributed by atoms with E-state index in [1.54, 1.807) is 16.8 Å². The monoisotopic (exact) mass is 225 g/mol. The maximum Gasteiger partial charge on any atom is 0.236 e. The summed E-state index contributed by atoms with van der Waals surface area (Å²) in [6, 6.07) is 0. The van der Waals surface area contributed by atoms with Crippen molar-refractivity contribution in [1.82, 2.24) is 15.2 Å². The minimum Gasteiger partial charge on any atom is -0.342 e. The Bertz CT molecular complexity index is 306. The fraction of sp³-hybridized carbons (Fsp3) is 0.600. The second-order valence-corrected chi connectivity index (χ2v) is 4.63. The van der Waals surface area contributed by atoms with Gasteiger partial charge in [-0.25, -0.2) is 0 Å². The molecule has 5 heteroatoms. The van der Waals surface area contributed by atoms with Crippen molar-refractivity contribution in [2.24, 2.45) is 0 Å². The number of carbonyl (C=O) groups is 1. The summed E-state index contributed by atoms with van der Waals surface area (Å²) in [5.41, 5.74) is 1.80. The van der Waals surface area contributed by atoms with Crippen LogP contribution in [0.2, 0.25) is 0 Å². The maximum atomic E-state index is 11.6. The highest BCUT2D eigenvalue weighted by molar-refractivity contribution is 7.09. The van der Waals surface area contributed by atoms with E-state index in [9.17, 15) is 4.79 Å². The minimum absolute atomic E-state index is 0.219. The lowest BCUT2D eigenvalue weighted by atomic mass is 10.4. The molecule has 1 amide bonds. The third-order valence-corrected chi connectivity index (χ3v) is 3.30. The van der Waals surface area contributed by atoms with Crippen LogP contribution in [0.25, 0.3) is 0 Å². The van der Waals surface area contributed by atoms with Gasteiger partial charge in [-0.3, -0.25) is 9.78 Å². The number of nitrogens with one attached hydrogen (secondary N) is 1. The van der Waals surface area contributed by atoms with Crippen LogP contribution in [0.15, 0.2) is 11.7 Å². The molecule has 2 rings (SSSR count). The zero-order valence-electron chi connectivity index (χ0n) is 8.61. The van der Waals surface area contributed by atoms with Gasteiger partial charge in [0.2, 0.25) is 5.91 Å². The Hall–Kier alpha value is -0.940. The fourth-order valence-corrected chi connectivity index (χ4v) is 2.26. The molecule has 0 bridgehead atoms. The molecule has 1 N–H and O–H groups in total. The first-order chi connectivity index (χ1) is 7.36. The molecule has 1 aromatic heterocycles. The summed E-state index contributed by atoms with van der Waals surface area (Å²) in [6.07, 6.45) is 4.14. The van der Waals surface area contributed by atoms with Crippen LogP contribution >= 0.6 is 11.3 Å². The van der Waals surface area contributed by atoms with Gasteiger partial charge in [0.25, 0.3) is 0 Å². The van der Waals surface area contributed by atoms with Crippen LogP contribution in [0.5, 0.6) is 0 Å². The number of likely N-dealkylation sites (tertiary alicyclic amines) is 1. The Balaban J connectivity index is 1.67. The molecule has 1 fully saturated rings. The van der Waals surface area contributed by atoms with Gasteiger partial charge in [0, 0.05) is 30.7 Å². The Morgan fingerprint density at radius 1 is 1.53 bits per heavy atom. The minimum atomic E-state index is 0.219. The Kier molecular flexibility index (Phi) is 3.69. The van der Waals surface area contributed by atoms with Gasteiger partial charge < -0.3 is 10.2 Å². The molecule has 0 radical (unpaired) electrons. The number of hydrogen-bond acceptors (Lipinski definition) is 4. The average molecular weight is 225 g/mol. The number of nitrogens with zero attached hydrogens (tertiary/aromatic N) is 2. The third-order valence-electron chi connectivity index (χ3n) is 2.52. The zero-order valence-corrected chi connectivity index (χ0v) is 9.42. The van der Waals surface area contributed by atoms with Crippen molar-refractivity contribution in [3.63, 3.8) is 0 Å². The molecule has 1 aromatic rings. The summed E-state index contributed by atoms with van der Waals surface area (Å²) in [4.78, 5) is 18.7. The van der Waals surface area contributed by atoms with E-state index < -0.39 is 0 Å². The Labute approximate surface area is 93.3 Å². The van der Waals surface area contributed by atoms with Crippen molar-refractivity contribution in [2.45, 2.75) is 19.4 Å². The number of hydrogen-bond donors (Lipinski definition) is 1. The predicted molar refractivity (Wildman–Crippen MR) is 59.6 cm³/mol. The molecule has 0 saturated carbocycles. The standard InChI is InChI=1S/C10H15N3OS/c14-10(13-3-1-2-4-13)7-11-5-9-6-12-8-15-9/h6,8,11H,1-5,7H2. The summed E-state index contributed by atoms with van der Waals surface area (Å²) in [5, 5.41) is 3.14. The molecule has 4 nitrogen and oxygen atoms in total. The normalized spacial score (nSPS) is 15.9. The molecule has 82 valence electrons. The van der Waals surface area contributed by atoms with Crippen molar-refractivity contribution in [2.75, 3.05) is 19.6 Å². The molecule has 0 aromatic carbocycles. The maximum absolute atomic E-state index is 11.6. The number of carbonyl (C=O) groups excluding carboxylic acids is 1. The molecular weight excluding hydrogens is 210 g/mol. The lowest BCUT2D eigenvalue weighted by Crippen LogP contribution is -2.35. The van der Waals surface area contributed by atoms with Crippen LogP contribution < -0.4 is 5.32 Å². The molecule has 0 atom stereocenters. The van der Waals surface area contributed by atoms with E-state index >= 15 is 0 Å². The first-order valence-electron chi connectivity index (χ1n) is 5.22. The first kappa shape index (κ1) is 10.6. The quantitative estimate of drug-likeness (QED) is 0.826. The highest BCUT2D eigenvalue weighted by Gasteiger charge is 2.16. The molecule has 15 heavy (non-hydrogen) atoms. The number of thiazole rings is 1. The summed E-state index contributed by atoms with van der Waals surface area (Å²) >= 11 is 1.61. The Morgan fingerprint density at radius 2 is 2.33 bits per heavy atom. The highest BCUT2D eigenvalue weighted by atomic mass is 32.1. The van der Waals surface area contributed by atoms with E-state index in [-0.39, 0.29) is 5.91 Å². The van der Waals surface area contributed by atoms with Crippen LogP contribution in [0, 0.1) is 0 Å². The van der Waals surface area contributed by atoms with Gasteiger partial charge in [-0.05, 0) is 12.8 Å². The molecule has 1 aliphatic rings. The fourth-order valence-electron chi connectivity index (χ4n) is 1.70. The van der Waals surface area contributed by atoms with Crippen LogP contribution in [0.4, 0.5) is 0 Å². The Morgan fingerprint density at radius 3 is 3.00 bits per heavy atom. The molecule has 0 spiro atoms. The van der Waals surface area contributed by atoms with E-state index in [0.717, 1.165) is 32.5 Å².